The Kier molecular flexibility index (Phi) is 4.80. The highest BCUT2D eigenvalue weighted by molar-refractivity contribution is 6.01. The number of aryl methyl sites for hydroxylation is 1. The molecular weight excluding hydrogens is 272 g/mol. The fourth-order valence-electron chi connectivity index (χ4n) is 2.30. The van der Waals surface area contributed by atoms with Gasteiger partial charge in [-0.2, -0.15) is 0 Å². The number of fused-ring (bicyclic) bond motifs is 1. The molecule has 0 atom stereocenters. The number of ether oxygens (including phenoxy) is 1. The largest absolute Gasteiger partial charge is 0.478 e. The number of carboxylic acid groups (broad SMARTS) is 1. The van der Waals surface area contributed by atoms with Crippen LogP contribution in [0.2, 0.25) is 0 Å². The predicted molar refractivity (Wildman–Crippen MR) is 79.8 cm³/mol. The Morgan fingerprint density at radius 2 is 2.14 bits per heavy atom. The van der Waals surface area contributed by atoms with Gasteiger partial charge in [-0.25, -0.2) is 9.59 Å². The summed E-state index contributed by atoms with van der Waals surface area (Å²) in [5.74, 6) is -1.03. The maximum Gasteiger partial charge on any atom is 0.337 e. The average Bonchev–Trinajstić information content (AvgIpc) is 2.73. The number of hydrogen-bond donors (Lipinski definition) is 2. The smallest absolute Gasteiger partial charge is 0.337 e. The van der Waals surface area contributed by atoms with Crippen LogP contribution in [0.5, 0.6) is 0 Å². The monoisotopic (exact) mass is 292 g/mol. The molecule has 6 nitrogen and oxygen atoms in total. The van der Waals surface area contributed by atoms with Gasteiger partial charge in [0, 0.05) is 13.2 Å². The average molecular weight is 292 g/mol. The van der Waals surface area contributed by atoms with Crippen molar-refractivity contribution in [3.63, 3.8) is 0 Å². The summed E-state index contributed by atoms with van der Waals surface area (Å²) < 4.78 is 6.95. The van der Waals surface area contributed by atoms with Crippen molar-refractivity contribution in [2.75, 3.05) is 6.61 Å². The molecule has 0 bridgehead atoms. The van der Waals surface area contributed by atoms with Crippen molar-refractivity contribution < 1.29 is 14.6 Å². The van der Waals surface area contributed by atoms with E-state index in [9.17, 15) is 14.7 Å². The Morgan fingerprint density at radius 1 is 1.38 bits per heavy atom. The van der Waals surface area contributed by atoms with Crippen LogP contribution in [0, 0.1) is 0 Å². The summed E-state index contributed by atoms with van der Waals surface area (Å²) in [5, 5.41) is 9.24. The number of aromatic carboxylic acids is 1. The van der Waals surface area contributed by atoms with Crippen LogP contribution in [-0.4, -0.2) is 33.3 Å². The molecule has 1 aromatic carbocycles. The Labute approximate surface area is 122 Å². The molecule has 0 amide bonds. The maximum atomic E-state index is 12.0. The number of aromatic nitrogens is 2. The Morgan fingerprint density at radius 3 is 2.81 bits per heavy atom. The Bertz CT molecular complexity index is 685. The fraction of sp³-hybridized carbons (Fsp3) is 0.467. The lowest BCUT2D eigenvalue weighted by atomic mass is 10.2. The summed E-state index contributed by atoms with van der Waals surface area (Å²) >= 11 is 0. The normalized spacial score (nSPS) is 11.4. The minimum Gasteiger partial charge on any atom is -0.478 e. The Balaban J connectivity index is 2.17. The molecule has 0 aliphatic rings. The van der Waals surface area contributed by atoms with Crippen molar-refractivity contribution >= 4 is 17.0 Å². The number of carboxylic acids is 1. The number of aromatic amines is 1. The first-order chi connectivity index (χ1) is 10.0. The van der Waals surface area contributed by atoms with Crippen molar-refractivity contribution in [3.8, 4) is 0 Å². The van der Waals surface area contributed by atoms with Gasteiger partial charge in [0.25, 0.3) is 0 Å². The molecule has 0 saturated carbocycles. The van der Waals surface area contributed by atoms with Crippen molar-refractivity contribution in [1.29, 1.82) is 0 Å². The van der Waals surface area contributed by atoms with Crippen LogP contribution >= 0.6 is 0 Å². The summed E-state index contributed by atoms with van der Waals surface area (Å²) in [6.45, 7) is 5.07. The Hall–Kier alpha value is -2.08. The molecule has 6 heteroatoms. The number of carbonyl (C=O) groups is 1. The molecule has 0 fully saturated rings. The van der Waals surface area contributed by atoms with E-state index in [0.717, 1.165) is 12.8 Å². The molecule has 0 saturated heterocycles. The second-order valence-corrected chi connectivity index (χ2v) is 5.22. The summed E-state index contributed by atoms with van der Waals surface area (Å²) in [5.41, 5.74) is 0.880. The van der Waals surface area contributed by atoms with Crippen molar-refractivity contribution in [3.05, 3.63) is 34.2 Å². The minimum absolute atomic E-state index is 0.143. The van der Waals surface area contributed by atoms with Crippen LogP contribution in [0.3, 0.4) is 0 Å². The van der Waals surface area contributed by atoms with Crippen LogP contribution in [0.4, 0.5) is 0 Å². The fourth-order valence-corrected chi connectivity index (χ4v) is 2.30. The highest BCUT2D eigenvalue weighted by Crippen LogP contribution is 2.16. The van der Waals surface area contributed by atoms with Gasteiger partial charge in [-0.3, -0.25) is 4.57 Å². The number of para-hydroxylation sites is 1. The van der Waals surface area contributed by atoms with Gasteiger partial charge in [0.2, 0.25) is 0 Å². The quantitative estimate of drug-likeness (QED) is 0.766. The highest BCUT2D eigenvalue weighted by Gasteiger charge is 2.14. The zero-order valence-electron chi connectivity index (χ0n) is 12.3. The van der Waals surface area contributed by atoms with E-state index in [-0.39, 0.29) is 17.4 Å². The predicted octanol–water partition coefficient (Wildman–Crippen LogP) is 2.23. The molecule has 2 aromatic rings. The minimum atomic E-state index is -1.03. The van der Waals surface area contributed by atoms with E-state index in [4.69, 9.17) is 4.74 Å². The number of nitrogens with one attached hydrogen (secondary N) is 1. The molecule has 2 rings (SSSR count). The molecule has 0 aliphatic carbocycles. The third-order valence-electron chi connectivity index (χ3n) is 3.25. The van der Waals surface area contributed by atoms with Gasteiger partial charge in [-0.05, 0) is 38.8 Å². The number of H-pyrrole nitrogens is 1. The van der Waals surface area contributed by atoms with Gasteiger partial charge >= 0.3 is 11.7 Å². The SMILES string of the molecule is CC(C)OCCCCn1c(=O)[nH]c2cccc(C(=O)O)c21. The number of nitrogens with zero attached hydrogens (tertiary/aromatic N) is 1. The zero-order chi connectivity index (χ0) is 15.4. The number of imidazole rings is 1. The van der Waals surface area contributed by atoms with Crippen LogP contribution in [0.15, 0.2) is 23.0 Å². The number of unbranched alkanes of at least 4 members (excludes halogenated alkanes) is 1. The summed E-state index contributed by atoms with van der Waals surface area (Å²) in [6.07, 6.45) is 1.78. The summed E-state index contributed by atoms with van der Waals surface area (Å²) in [6, 6.07) is 4.85. The van der Waals surface area contributed by atoms with Gasteiger partial charge < -0.3 is 14.8 Å². The van der Waals surface area contributed by atoms with E-state index in [0.29, 0.717) is 24.2 Å². The van der Waals surface area contributed by atoms with Gasteiger partial charge in [-0.15, -0.1) is 0 Å². The van der Waals surface area contributed by atoms with Gasteiger partial charge in [0.15, 0.2) is 0 Å². The molecule has 114 valence electrons. The zero-order valence-corrected chi connectivity index (χ0v) is 12.3. The molecule has 0 unspecified atom stereocenters. The van der Waals surface area contributed by atoms with Crippen molar-refractivity contribution in [1.82, 2.24) is 9.55 Å². The summed E-state index contributed by atoms with van der Waals surface area (Å²) in [4.78, 5) is 25.9. The topological polar surface area (TPSA) is 84.3 Å². The molecule has 2 N–H and O–H groups in total. The van der Waals surface area contributed by atoms with Gasteiger partial charge in [0.05, 0.1) is 22.7 Å². The molecule has 1 aromatic heterocycles. The third-order valence-corrected chi connectivity index (χ3v) is 3.25. The van der Waals surface area contributed by atoms with Crippen molar-refractivity contribution in [2.45, 2.75) is 39.3 Å². The second kappa shape index (κ2) is 6.58. The van der Waals surface area contributed by atoms with E-state index in [2.05, 4.69) is 4.98 Å². The highest BCUT2D eigenvalue weighted by atomic mass is 16.5. The number of benzene rings is 1. The molecule has 1 heterocycles. The van der Waals surface area contributed by atoms with Crippen molar-refractivity contribution in [2.24, 2.45) is 0 Å². The summed E-state index contributed by atoms with van der Waals surface area (Å²) in [7, 11) is 0. The lowest BCUT2D eigenvalue weighted by Gasteiger charge is -2.08. The molecule has 21 heavy (non-hydrogen) atoms. The standard InChI is InChI=1S/C15H20N2O4/c1-10(2)21-9-4-3-8-17-13-11(14(18)19)6-5-7-12(13)16-15(17)20/h5-7,10H,3-4,8-9H2,1-2H3,(H,16,20)(H,18,19). The molecule has 0 spiro atoms. The van der Waals surface area contributed by atoms with E-state index in [1.54, 1.807) is 12.1 Å². The first-order valence-electron chi connectivity index (χ1n) is 7.07. The second-order valence-electron chi connectivity index (χ2n) is 5.22. The first kappa shape index (κ1) is 15.3. The van der Waals surface area contributed by atoms with E-state index >= 15 is 0 Å². The molecule has 0 aliphatic heterocycles. The lowest BCUT2D eigenvalue weighted by molar-refractivity contribution is 0.0697. The molecule has 0 radical (unpaired) electrons. The van der Waals surface area contributed by atoms with Gasteiger partial charge in [-0.1, -0.05) is 6.07 Å². The maximum absolute atomic E-state index is 12.0. The van der Waals surface area contributed by atoms with Crippen LogP contribution < -0.4 is 5.69 Å². The number of hydrogen-bond acceptors (Lipinski definition) is 3. The first-order valence-corrected chi connectivity index (χ1v) is 7.07. The van der Waals surface area contributed by atoms with Crippen LogP contribution in [0.25, 0.3) is 11.0 Å². The lowest BCUT2D eigenvalue weighted by Crippen LogP contribution is -2.18. The number of rotatable bonds is 7. The van der Waals surface area contributed by atoms with Crippen LogP contribution in [-0.2, 0) is 11.3 Å². The molecular formula is C15H20N2O4. The van der Waals surface area contributed by atoms with E-state index in [1.807, 2.05) is 13.8 Å². The van der Waals surface area contributed by atoms with E-state index < -0.39 is 5.97 Å². The van der Waals surface area contributed by atoms with E-state index in [1.165, 1.54) is 10.6 Å². The van der Waals surface area contributed by atoms with Crippen LogP contribution in [0.1, 0.15) is 37.0 Å². The van der Waals surface area contributed by atoms with Gasteiger partial charge in [0.1, 0.15) is 0 Å². The third kappa shape index (κ3) is 3.52.